The molecule has 20 heavy (non-hydrogen) atoms. The molecule has 2 rings (SSSR count). The first-order chi connectivity index (χ1) is 9.63. The van der Waals surface area contributed by atoms with Gasteiger partial charge in [0.05, 0.1) is 12.0 Å². The molecular formula is C15H21ClN2O2. The number of rotatable bonds is 5. The topological polar surface area (TPSA) is 52.6 Å². The molecule has 1 aromatic carbocycles. The number of hydrogen-bond donors (Lipinski definition) is 2. The molecule has 0 aromatic heterocycles. The summed E-state index contributed by atoms with van der Waals surface area (Å²) in [5.74, 6) is 0.292. The van der Waals surface area contributed by atoms with E-state index < -0.39 is 6.10 Å². The van der Waals surface area contributed by atoms with E-state index in [4.69, 9.17) is 11.6 Å². The van der Waals surface area contributed by atoms with Crippen LogP contribution < -0.4 is 5.32 Å². The van der Waals surface area contributed by atoms with Crippen molar-refractivity contribution < 1.29 is 9.90 Å². The van der Waals surface area contributed by atoms with Crippen molar-refractivity contribution in [3.05, 3.63) is 29.3 Å². The summed E-state index contributed by atoms with van der Waals surface area (Å²) in [6.45, 7) is 4.01. The third-order valence-corrected chi connectivity index (χ3v) is 4.02. The van der Waals surface area contributed by atoms with Crippen molar-refractivity contribution in [3.8, 4) is 0 Å². The Labute approximate surface area is 124 Å². The van der Waals surface area contributed by atoms with Crippen molar-refractivity contribution in [1.29, 1.82) is 0 Å². The van der Waals surface area contributed by atoms with Gasteiger partial charge in [-0.1, -0.05) is 6.07 Å². The van der Waals surface area contributed by atoms with Gasteiger partial charge in [0.2, 0.25) is 0 Å². The van der Waals surface area contributed by atoms with Crippen LogP contribution >= 0.6 is 11.6 Å². The van der Waals surface area contributed by atoms with E-state index in [2.05, 4.69) is 5.32 Å². The van der Waals surface area contributed by atoms with E-state index in [9.17, 15) is 9.90 Å². The Morgan fingerprint density at radius 1 is 1.45 bits per heavy atom. The normalized spacial score (nSPS) is 16.2. The zero-order valence-corrected chi connectivity index (χ0v) is 12.5. The summed E-state index contributed by atoms with van der Waals surface area (Å²) in [4.78, 5) is 14.3. The minimum absolute atomic E-state index is 0.0986. The van der Waals surface area contributed by atoms with E-state index in [0.717, 1.165) is 42.7 Å². The number of benzene rings is 1. The maximum Gasteiger partial charge on any atom is 0.254 e. The van der Waals surface area contributed by atoms with Crippen LogP contribution in [0.1, 0.15) is 28.8 Å². The summed E-state index contributed by atoms with van der Waals surface area (Å²) in [5, 5.41) is 12.6. The summed E-state index contributed by atoms with van der Waals surface area (Å²) in [6.07, 6.45) is 1.59. The molecule has 2 N–H and O–H groups in total. The van der Waals surface area contributed by atoms with Crippen LogP contribution in [0.4, 0.5) is 5.69 Å². The van der Waals surface area contributed by atoms with Gasteiger partial charge in [-0.05, 0) is 37.5 Å². The second-order valence-corrected chi connectivity index (χ2v) is 5.48. The fraction of sp³-hybridized carbons (Fsp3) is 0.533. The van der Waals surface area contributed by atoms with Gasteiger partial charge in [-0.2, -0.15) is 0 Å². The van der Waals surface area contributed by atoms with Crippen LogP contribution in [0.2, 0.25) is 0 Å². The monoisotopic (exact) mass is 296 g/mol. The van der Waals surface area contributed by atoms with Crippen LogP contribution in [0.5, 0.6) is 0 Å². The number of aliphatic hydroxyl groups is 1. The summed E-state index contributed by atoms with van der Waals surface area (Å²) in [7, 11) is 0. The number of hydrogen-bond acceptors (Lipinski definition) is 3. The average molecular weight is 297 g/mol. The van der Waals surface area contributed by atoms with Gasteiger partial charge in [0.15, 0.2) is 0 Å². The highest BCUT2D eigenvalue weighted by molar-refractivity contribution is 6.18. The summed E-state index contributed by atoms with van der Waals surface area (Å²) < 4.78 is 0. The molecule has 1 saturated heterocycles. The fourth-order valence-corrected chi connectivity index (χ4v) is 2.54. The summed E-state index contributed by atoms with van der Waals surface area (Å²) in [6, 6.07) is 5.64. The molecular weight excluding hydrogens is 276 g/mol. The molecule has 1 aromatic rings. The molecule has 0 spiro atoms. The molecule has 0 aliphatic carbocycles. The van der Waals surface area contributed by atoms with Crippen LogP contribution in [0.3, 0.4) is 0 Å². The Balaban J connectivity index is 2.12. The smallest absolute Gasteiger partial charge is 0.254 e. The molecule has 1 fully saturated rings. The Bertz CT molecular complexity index is 473. The van der Waals surface area contributed by atoms with Crippen molar-refractivity contribution >= 4 is 23.2 Å². The quantitative estimate of drug-likeness (QED) is 0.820. The van der Waals surface area contributed by atoms with Crippen molar-refractivity contribution in [3.63, 3.8) is 0 Å². The number of carbonyl (C=O) groups is 1. The van der Waals surface area contributed by atoms with Gasteiger partial charge >= 0.3 is 0 Å². The van der Waals surface area contributed by atoms with Gasteiger partial charge in [-0.25, -0.2) is 0 Å². The SMILES string of the molecule is Cc1c(NCC(O)CCl)cccc1C(=O)N1CCCC1. The average Bonchev–Trinajstić information content (AvgIpc) is 2.99. The molecule has 1 unspecified atom stereocenters. The number of nitrogens with zero attached hydrogens (tertiary/aromatic N) is 1. The summed E-state index contributed by atoms with van der Waals surface area (Å²) in [5.41, 5.74) is 2.53. The number of amides is 1. The zero-order chi connectivity index (χ0) is 14.5. The fourth-order valence-electron chi connectivity index (χ4n) is 2.43. The van der Waals surface area contributed by atoms with E-state index in [1.165, 1.54) is 0 Å². The van der Waals surface area contributed by atoms with E-state index in [0.29, 0.717) is 6.54 Å². The highest BCUT2D eigenvalue weighted by Gasteiger charge is 2.21. The molecule has 1 aliphatic heterocycles. The van der Waals surface area contributed by atoms with Gasteiger partial charge < -0.3 is 15.3 Å². The van der Waals surface area contributed by atoms with Crippen LogP contribution in [0, 0.1) is 6.92 Å². The minimum Gasteiger partial charge on any atom is -0.390 e. The molecule has 1 amide bonds. The van der Waals surface area contributed by atoms with Gasteiger partial charge in [0.25, 0.3) is 5.91 Å². The van der Waals surface area contributed by atoms with Gasteiger partial charge in [0.1, 0.15) is 0 Å². The van der Waals surface area contributed by atoms with Gasteiger partial charge in [0, 0.05) is 30.9 Å². The molecule has 5 heteroatoms. The number of halogens is 1. The third-order valence-electron chi connectivity index (χ3n) is 3.66. The maximum absolute atomic E-state index is 12.4. The van der Waals surface area contributed by atoms with Gasteiger partial charge in [-0.15, -0.1) is 11.6 Å². The second kappa shape index (κ2) is 6.95. The zero-order valence-electron chi connectivity index (χ0n) is 11.7. The van der Waals surface area contributed by atoms with Crippen molar-refractivity contribution in [2.45, 2.75) is 25.9 Å². The van der Waals surface area contributed by atoms with Crippen LogP contribution in [0.25, 0.3) is 0 Å². The lowest BCUT2D eigenvalue weighted by molar-refractivity contribution is 0.0792. The van der Waals surface area contributed by atoms with Crippen molar-refractivity contribution in [2.24, 2.45) is 0 Å². The molecule has 1 heterocycles. The maximum atomic E-state index is 12.4. The highest BCUT2D eigenvalue weighted by atomic mass is 35.5. The van der Waals surface area contributed by atoms with E-state index >= 15 is 0 Å². The number of aliphatic hydroxyl groups excluding tert-OH is 1. The first-order valence-corrected chi connectivity index (χ1v) is 7.53. The van der Waals surface area contributed by atoms with E-state index in [1.807, 2.05) is 30.0 Å². The third kappa shape index (κ3) is 3.44. The Morgan fingerprint density at radius 3 is 2.80 bits per heavy atom. The number of anilines is 1. The first-order valence-electron chi connectivity index (χ1n) is 7.00. The summed E-state index contributed by atoms with van der Waals surface area (Å²) >= 11 is 5.58. The molecule has 4 nitrogen and oxygen atoms in total. The van der Waals surface area contributed by atoms with Gasteiger partial charge in [-0.3, -0.25) is 4.79 Å². The Hall–Kier alpha value is -1.26. The number of alkyl halides is 1. The lowest BCUT2D eigenvalue weighted by Crippen LogP contribution is -2.28. The van der Waals surface area contributed by atoms with E-state index in [-0.39, 0.29) is 11.8 Å². The number of likely N-dealkylation sites (tertiary alicyclic amines) is 1. The molecule has 0 radical (unpaired) electrons. The van der Waals surface area contributed by atoms with E-state index in [1.54, 1.807) is 0 Å². The molecule has 0 saturated carbocycles. The molecule has 1 atom stereocenters. The highest BCUT2D eigenvalue weighted by Crippen LogP contribution is 2.22. The largest absolute Gasteiger partial charge is 0.390 e. The molecule has 0 bridgehead atoms. The first kappa shape index (κ1) is 15.1. The van der Waals surface area contributed by atoms with Crippen LogP contribution in [-0.2, 0) is 0 Å². The molecule has 1 aliphatic rings. The number of nitrogens with one attached hydrogen (secondary N) is 1. The lowest BCUT2D eigenvalue weighted by atomic mass is 10.1. The standard InChI is InChI=1S/C15H21ClN2O2/c1-11-13(15(20)18-7-2-3-8-18)5-4-6-14(11)17-10-12(19)9-16/h4-6,12,17,19H,2-3,7-10H2,1H3. The predicted molar refractivity (Wildman–Crippen MR) is 81.5 cm³/mol. The van der Waals surface area contributed by atoms with Crippen molar-refractivity contribution in [2.75, 3.05) is 30.8 Å². The predicted octanol–water partition coefficient (Wildman–Crippen LogP) is 2.24. The Kier molecular flexibility index (Phi) is 5.26. The molecule has 110 valence electrons. The lowest BCUT2D eigenvalue weighted by Gasteiger charge is -2.19. The van der Waals surface area contributed by atoms with Crippen LogP contribution in [0.15, 0.2) is 18.2 Å². The van der Waals surface area contributed by atoms with Crippen LogP contribution in [-0.4, -0.2) is 47.5 Å². The second-order valence-electron chi connectivity index (χ2n) is 5.17. The van der Waals surface area contributed by atoms with Crippen molar-refractivity contribution in [1.82, 2.24) is 4.90 Å². The minimum atomic E-state index is -0.589. The Morgan fingerprint density at radius 2 is 2.15 bits per heavy atom. The number of carbonyl (C=O) groups excluding carboxylic acids is 1.